The molecule has 1 aromatic rings. The first kappa shape index (κ1) is 13.7. The van der Waals surface area contributed by atoms with Crippen LogP contribution in [0.4, 0.5) is 0 Å². The Balaban J connectivity index is 2.22. The molecular weight excluding hydrogens is 266 g/mol. The van der Waals surface area contributed by atoms with E-state index in [1.165, 1.54) is 0 Å². The highest BCUT2D eigenvalue weighted by molar-refractivity contribution is 7.10. The largest absolute Gasteiger partial charge is 0.294 e. The Morgan fingerprint density at radius 3 is 3.00 bits per heavy atom. The molecule has 19 heavy (non-hydrogen) atoms. The van der Waals surface area contributed by atoms with Gasteiger partial charge in [-0.05, 0) is 23.9 Å². The van der Waals surface area contributed by atoms with Crippen molar-refractivity contribution in [3.8, 4) is 0 Å². The zero-order valence-electron chi connectivity index (χ0n) is 10.2. The van der Waals surface area contributed by atoms with E-state index in [0.29, 0.717) is 12.8 Å². The molecule has 7 heteroatoms. The van der Waals surface area contributed by atoms with Crippen LogP contribution in [0.1, 0.15) is 24.1 Å². The molecule has 6 nitrogen and oxygen atoms in total. The second kappa shape index (κ2) is 5.94. The standard InChI is InChI=1S/C12H15N3O3S/c13-14-12(16)11-7-9(15(17)18)4-3-8(11)6-10-2-1-5-19-10/h1-2,5-6,9,11H,3-4,7,13H2,(H,14,16)/b8-6-. The van der Waals surface area contributed by atoms with Crippen LogP contribution in [-0.2, 0) is 4.79 Å². The predicted octanol–water partition coefficient (Wildman–Crippen LogP) is 1.57. The lowest BCUT2D eigenvalue weighted by atomic mass is 9.80. The Morgan fingerprint density at radius 1 is 1.63 bits per heavy atom. The molecule has 0 radical (unpaired) electrons. The minimum Gasteiger partial charge on any atom is -0.294 e. The predicted molar refractivity (Wildman–Crippen MR) is 72.7 cm³/mol. The molecule has 1 aromatic heterocycles. The molecule has 1 aliphatic rings. The Kier molecular flexibility index (Phi) is 4.28. The van der Waals surface area contributed by atoms with Gasteiger partial charge in [0.25, 0.3) is 0 Å². The maximum Gasteiger partial charge on any atom is 0.241 e. The highest BCUT2D eigenvalue weighted by atomic mass is 32.1. The first-order chi connectivity index (χ1) is 9.11. The van der Waals surface area contributed by atoms with Crippen LogP contribution in [0.3, 0.4) is 0 Å². The van der Waals surface area contributed by atoms with Gasteiger partial charge < -0.3 is 0 Å². The maximum atomic E-state index is 11.8. The third-order valence-corrected chi connectivity index (χ3v) is 4.17. The van der Waals surface area contributed by atoms with Gasteiger partial charge in [0.2, 0.25) is 11.9 Å². The van der Waals surface area contributed by atoms with Gasteiger partial charge in [0.05, 0.1) is 5.92 Å². The zero-order valence-corrected chi connectivity index (χ0v) is 11.1. The quantitative estimate of drug-likeness (QED) is 0.380. The molecule has 0 bridgehead atoms. The van der Waals surface area contributed by atoms with Crippen LogP contribution in [0, 0.1) is 16.0 Å². The number of nitrogens with two attached hydrogens (primary N) is 1. The summed E-state index contributed by atoms with van der Waals surface area (Å²) in [5, 5.41) is 12.8. The average Bonchev–Trinajstić information content (AvgIpc) is 2.91. The third-order valence-electron chi connectivity index (χ3n) is 3.35. The van der Waals surface area contributed by atoms with E-state index in [1.54, 1.807) is 11.3 Å². The number of rotatable bonds is 3. The molecule has 0 saturated heterocycles. The van der Waals surface area contributed by atoms with Crippen molar-refractivity contribution in [3.63, 3.8) is 0 Å². The van der Waals surface area contributed by atoms with E-state index in [2.05, 4.69) is 5.43 Å². The molecule has 0 aromatic carbocycles. The molecule has 102 valence electrons. The molecule has 1 saturated carbocycles. The van der Waals surface area contributed by atoms with Crippen molar-refractivity contribution in [3.05, 3.63) is 38.1 Å². The number of hydrogen-bond donors (Lipinski definition) is 2. The number of nitrogens with one attached hydrogen (secondary N) is 1. The van der Waals surface area contributed by atoms with Gasteiger partial charge in [-0.15, -0.1) is 11.3 Å². The van der Waals surface area contributed by atoms with Gasteiger partial charge in [0.1, 0.15) is 0 Å². The first-order valence-electron chi connectivity index (χ1n) is 5.99. The van der Waals surface area contributed by atoms with E-state index < -0.39 is 12.0 Å². The van der Waals surface area contributed by atoms with Gasteiger partial charge in [-0.1, -0.05) is 11.6 Å². The van der Waals surface area contributed by atoms with Crippen LogP contribution in [0.15, 0.2) is 23.1 Å². The van der Waals surface area contributed by atoms with Crippen molar-refractivity contribution in [2.45, 2.75) is 25.3 Å². The van der Waals surface area contributed by atoms with Crippen molar-refractivity contribution >= 4 is 23.3 Å². The molecule has 2 rings (SSSR count). The van der Waals surface area contributed by atoms with Crippen molar-refractivity contribution < 1.29 is 9.72 Å². The fourth-order valence-electron chi connectivity index (χ4n) is 2.35. The Hall–Kier alpha value is -1.73. The smallest absolute Gasteiger partial charge is 0.241 e. The SMILES string of the molecule is NNC(=O)C1CC([N+](=O)[O-])CC/C1=C/c1cccs1. The second-order valence-electron chi connectivity index (χ2n) is 4.51. The molecule has 1 fully saturated rings. The summed E-state index contributed by atoms with van der Waals surface area (Å²) in [4.78, 5) is 23.4. The van der Waals surface area contributed by atoms with Crippen molar-refractivity contribution in [2.75, 3.05) is 0 Å². The minimum atomic E-state index is -0.664. The van der Waals surface area contributed by atoms with Crippen molar-refractivity contribution in [1.29, 1.82) is 0 Å². The van der Waals surface area contributed by atoms with Crippen LogP contribution in [0.5, 0.6) is 0 Å². The first-order valence-corrected chi connectivity index (χ1v) is 6.87. The summed E-state index contributed by atoms with van der Waals surface area (Å²) < 4.78 is 0. The number of carbonyl (C=O) groups excluding carboxylic acids is 1. The topological polar surface area (TPSA) is 98.3 Å². The van der Waals surface area contributed by atoms with Crippen molar-refractivity contribution in [2.24, 2.45) is 11.8 Å². The van der Waals surface area contributed by atoms with Gasteiger partial charge >= 0.3 is 0 Å². The van der Waals surface area contributed by atoms with E-state index in [-0.39, 0.29) is 17.3 Å². The Bertz CT molecular complexity index is 498. The van der Waals surface area contributed by atoms with Gasteiger partial charge in [0.15, 0.2) is 0 Å². The van der Waals surface area contributed by atoms with E-state index in [4.69, 9.17) is 5.84 Å². The lowest BCUT2D eigenvalue weighted by molar-refractivity contribution is -0.526. The lowest BCUT2D eigenvalue weighted by Crippen LogP contribution is -2.41. The molecule has 3 N–H and O–H groups in total. The van der Waals surface area contributed by atoms with E-state index in [0.717, 1.165) is 10.5 Å². The Labute approximate surface area is 114 Å². The van der Waals surface area contributed by atoms with E-state index >= 15 is 0 Å². The number of hydrogen-bond acceptors (Lipinski definition) is 5. The highest BCUT2D eigenvalue weighted by Crippen LogP contribution is 2.33. The fraction of sp³-hybridized carbons (Fsp3) is 0.417. The van der Waals surface area contributed by atoms with Gasteiger partial charge in [-0.25, -0.2) is 5.84 Å². The molecule has 0 spiro atoms. The third kappa shape index (κ3) is 3.18. The summed E-state index contributed by atoms with van der Waals surface area (Å²) in [6.07, 6.45) is 3.19. The number of thiophene rings is 1. The summed E-state index contributed by atoms with van der Waals surface area (Å²) in [5.41, 5.74) is 3.02. The number of carbonyl (C=O) groups is 1. The number of nitrogens with zero attached hydrogens (tertiary/aromatic N) is 1. The van der Waals surface area contributed by atoms with Gasteiger partial charge in [0, 0.05) is 22.6 Å². The van der Waals surface area contributed by atoms with Crippen LogP contribution in [0.25, 0.3) is 6.08 Å². The molecule has 1 amide bonds. The van der Waals surface area contributed by atoms with Crippen molar-refractivity contribution in [1.82, 2.24) is 5.43 Å². The van der Waals surface area contributed by atoms with Gasteiger partial charge in [-0.3, -0.25) is 20.3 Å². The fourth-order valence-corrected chi connectivity index (χ4v) is 3.04. The summed E-state index contributed by atoms with van der Waals surface area (Å²) >= 11 is 1.57. The molecule has 0 aliphatic heterocycles. The molecule has 1 aliphatic carbocycles. The number of amides is 1. The normalized spacial score (nSPS) is 25.2. The lowest BCUT2D eigenvalue weighted by Gasteiger charge is -2.26. The average molecular weight is 281 g/mol. The van der Waals surface area contributed by atoms with E-state index in [1.807, 2.05) is 23.6 Å². The molecule has 1 heterocycles. The molecule has 2 atom stereocenters. The number of hydrazine groups is 1. The van der Waals surface area contributed by atoms with Crippen LogP contribution in [-0.4, -0.2) is 16.9 Å². The zero-order chi connectivity index (χ0) is 13.8. The van der Waals surface area contributed by atoms with Crippen LogP contribution >= 0.6 is 11.3 Å². The number of nitro groups is 1. The molecular formula is C12H15N3O3S. The second-order valence-corrected chi connectivity index (χ2v) is 5.49. The minimum absolute atomic E-state index is 0.216. The van der Waals surface area contributed by atoms with Crippen LogP contribution < -0.4 is 11.3 Å². The molecule has 2 unspecified atom stereocenters. The monoisotopic (exact) mass is 281 g/mol. The Morgan fingerprint density at radius 2 is 2.42 bits per heavy atom. The highest BCUT2D eigenvalue weighted by Gasteiger charge is 2.36. The van der Waals surface area contributed by atoms with Gasteiger partial charge in [-0.2, -0.15) is 0 Å². The van der Waals surface area contributed by atoms with Crippen LogP contribution in [0.2, 0.25) is 0 Å². The van der Waals surface area contributed by atoms with E-state index in [9.17, 15) is 14.9 Å². The summed E-state index contributed by atoms with van der Waals surface area (Å²) in [5.74, 6) is 4.31. The summed E-state index contributed by atoms with van der Waals surface area (Å²) in [6, 6.07) is 3.22. The summed E-state index contributed by atoms with van der Waals surface area (Å²) in [7, 11) is 0. The maximum absolute atomic E-state index is 11.8. The summed E-state index contributed by atoms with van der Waals surface area (Å²) in [6.45, 7) is 0.